The fourth-order valence-electron chi connectivity index (χ4n) is 1.75. The molecule has 1 aromatic rings. The summed E-state index contributed by atoms with van der Waals surface area (Å²) in [6.07, 6.45) is -4.81. The Morgan fingerprint density at radius 1 is 1.35 bits per heavy atom. The molecule has 1 aliphatic rings. The van der Waals surface area contributed by atoms with Crippen LogP contribution in [0.1, 0.15) is 15.9 Å². The number of benzene rings is 1. The quantitative estimate of drug-likeness (QED) is 0.840. The SMILES string of the molecule is Cl.O=C(NCC1CNC1)c1cccc(C(F)(F)F)c1F. The molecule has 1 aliphatic heterocycles. The van der Waals surface area contributed by atoms with E-state index in [9.17, 15) is 22.4 Å². The molecular weight excluding hydrogens is 300 g/mol. The summed E-state index contributed by atoms with van der Waals surface area (Å²) in [6, 6.07) is 2.67. The molecule has 1 fully saturated rings. The van der Waals surface area contributed by atoms with Crippen LogP contribution in [0.2, 0.25) is 0 Å². The van der Waals surface area contributed by atoms with Gasteiger partial charge in [0.15, 0.2) is 0 Å². The van der Waals surface area contributed by atoms with E-state index < -0.39 is 29.0 Å². The number of amides is 1. The number of halogens is 5. The number of carbonyl (C=O) groups is 1. The highest BCUT2D eigenvalue weighted by Crippen LogP contribution is 2.32. The van der Waals surface area contributed by atoms with Crippen molar-refractivity contribution >= 4 is 18.3 Å². The molecule has 8 heteroatoms. The molecule has 0 saturated carbocycles. The van der Waals surface area contributed by atoms with Crippen LogP contribution in [0.3, 0.4) is 0 Å². The van der Waals surface area contributed by atoms with Crippen LogP contribution in [0, 0.1) is 11.7 Å². The first-order chi connectivity index (χ1) is 8.89. The Kier molecular flexibility index (Phi) is 5.35. The highest BCUT2D eigenvalue weighted by molar-refractivity contribution is 5.94. The summed E-state index contributed by atoms with van der Waals surface area (Å²) in [7, 11) is 0. The zero-order chi connectivity index (χ0) is 14.0. The molecule has 0 aliphatic carbocycles. The molecule has 2 N–H and O–H groups in total. The van der Waals surface area contributed by atoms with Crippen LogP contribution in [-0.4, -0.2) is 25.5 Å². The molecule has 0 aromatic heterocycles. The lowest BCUT2D eigenvalue weighted by Crippen LogP contribution is -2.48. The minimum atomic E-state index is -4.81. The van der Waals surface area contributed by atoms with Crippen LogP contribution < -0.4 is 10.6 Å². The molecule has 2 rings (SSSR count). The third-order valence-electron chi connectivity index (χ3n) is 2.97. The molecule has 1 aromatic carbocycles. The predicted octanol–water partition coefficient (Wildman–Crippen LogP) is 2.22. The van der Waals surface area contributed by atoms with Gasteiger partial charge in [0.05, 0.1) is 11.1 Å². The average Bonchev–Trinajstić information content (AvgIpc) is 2.25. The molecule has 0 atom stereocenters. The molecule has 1 heterocycles. The average molecular weight is 313 g/mol. The lowest BCUT2D eigenvalue weighted by atomic mass is 10.0. The summed E-state index contributed by atoms with van der Waals surface area (Å²) in [6.45, 7) is 1.80. The van der Waals surface area contributed by atoms with Crippen molar-refractivity contribution in [2.45, 2.75) is 6.18 Å². The molecule has 1 amide bonds. The normalized spacial score (nSPS) is 15.2. The Morgan fingerprint density at radius 2 is 2.00 bits per heavy atom. The van der Waals surface area contributed by atoms with Crippen LogP contribution in [0.4, 0.5) is 17.6 Å². The minimum absolute atomic E-state index is 0. The van der Waals surface area contributed by atoms with Gasteiger partial charge >= 0.3 is 6.18 Å². The molecule has 1 saturated heterocycles. The summed E-state index contributed by atoms with van der Waals surface area (Å²) < 4.78 is 51.1. The summed E-state index contributed by atoms with van der Waals surface area (Å²) in [5.41, 5.74) is -2.01. The van der Waals surface area contributed by atoms with Gasteiger partial charge in [-0.05, 0) is 12.1 Å². The zero-order valence-electron chi connectivity index (χ0n) is 10.3. The van der Waals surface area contributed by atoms with Gasteiger partial charge in [0.25, 0.3) is 5.91 Å². The highest BCUT2D eigenvalue weighted by Gasteiger charge is 2.35. The molecule has 0 bridgehead atoms. The van der Waals surface area contributed by atoms with Crippen molar-refractivity contribution in [3.63, 3.8) is 0 Å². The molecule has 0 unspecified atom stereocenters. The van der Waals surface area contributed by atoms with Gasteiger partial charge in [-0.1, -0.05) is 6.07 Å². The maximum Gasteiger partial charge on any atom is 0.419 e. The minimum Gasteiger partial charge on any atom is -0.352 e. The van der Waals surface area contributed by atoms with Crippen molar-refractivity contribution in [3.8, 4) is 0 Å². The molecule has 20 heavy (non-hydrogen) atoms. The van der Waals surface area contributed by atoms with Crippen molar-refractivity contribution < 1.29 is 22.4 Å². The molecule has 112 valence electrons. The first kappa shape index (κ1) is 16.7. The first-order valence-corrected chi connectivity index (χ1v) is 5.74. The second-order valence-corrected chi connectivity index (χ2v) is 4.40. The van der Waals surface area contributed by atoms with Crippen LogP contribution in [0.15, 0.2) is 18.2 Å². The maximum absolute atomic E-state index is 13.6. The monoisotopic (exact) mass is 312 g/mol. The zero-order valence-corrected chi connectivity index (χ0v) is 11.1. The second-order valence-electron chi connectivity index (χ2n) is 4.40. The van der Waals surface area contributed by atoms with E-state index in [4.69, 9.17) is 0 Å². The van der Waals surface area contributed by atoms with Crippen molar-refractivity contribution in [2.24, 2.45) is 5.92 Å². The highest BCUT2D eigenvalue weighted by atomic mass is 35.5. The third-order valence-corrected chi connectivity index (χ3v) is 2.97. The van der Waals surface area contributed by atoms with Crippen molar-refractivity contribution in [2.75, 3.05) is 19.6 Å². The van der Waals surface area contributed by atoms with E-state index in [1.807, 2.05) is 0 Å². The fourth-order valence-corrected chi connectivity index (χ4v) is 1.75. The largest absolute Gasteiger partial charge is 0.419 e. The fraction of sp³-hybridized carbons (Fsp3) is 0.417. The van der Waals surface area contributed by atoms with Crippen LogP contribution in [-0.2, 0) is 6.18 Å². The van der Waals surface area contributed by atoms with E-state index in [0.717, 1.165) is 25.2 Å². The Balaban J connectivity index is 0.00000200. The number of carbonyl (C=O) groups excluding carboxylic acids is 1. The van der Waals surface area contributed by atoms with E-state index >= 15 is 0 Å². The van der Waals surface area contributed by atoms with E-state index in [1.165, 1.54) is 0 Å². The summed E-state index contributed by atoms with van der Waals surface area (Å²) >= 11 is 0. The second kappa shape index (κ2) is 6.41. The Labute approximate surface area is 119 Å². The van der Waals surface area contributed by atoms with Gasteiger partial charge in [0, 0.05) is 25.6 Å². The lowest BCUT2D eigenvalue weighted by molar-refractivity contribution is -0.140. The van der Waals surface area contributed by atoms with Gasteiger partial charge in [-0.2, -0.15) is 13.2 Å². The first-order valence-electron chi connectivity index (χ1n) is 5.74. The van der Waals surface area contributed by atoms with Crippen molar-refractivity contribution in [3.05, 3.63) is 35.1 Å². The Bertz CT molecular complexity index is 489. The van der Waals surface area contributed by atoms with Gasteiger partial charge in [-0.3, -0.25) is 4.79 Å². The van der Waals surface area contributed by atoms with Gasteiger partial charge in [-0.15, -0.1) is 12.4 Å². The Morgan fingerprint density at radius 3 is 2.50 bits per heavy atom. The molecule has 3 nitrogen and oxygen atoms in total. The Hall–Kier alpha value is -1.34. The number of hydrogen-bond acceptors (Lipinski definition) is 2. The summed E-state index contributed by atoms with van der Waals surface area (Å²) in [4.78, 5) is 11.7. The smallest absolute Gasteiger partial charge is 0.352 e. The van der Waals surface area contributed by atoms with E-state index in [2.05, 4.69) is 10.6 Å². The predicted molar refractivity (Wildman–Crippen MR) is 67.3 cm³/mol. The van der Waals surface area contributed by atoms with E-state index in [-0.39, 0.29) is 18.3 Å². The van der Waals surface area contributed by atoms with E-state index in [1.54, 1.807) is 0 Å². The standard InChI is InChI=1S/C12H12F4N2O.ClH/c13-10-8(2-1-3-9(10)12(14,15)16)11(19)18-6-7-4-17-5-7;/h1-3,7,17H,4-6H2,(H,18,19);1H. The van der Waals surface area contributed by atoms with Crippen molar-refractivity contribution in [1.29, 1.82) is 0 Å². The van der Waals surface area contributed by atoms with Crippen molar-refractivity contribution in [1.82, 2.24) is 10.6 Å². The van der Waals surface area contributed by atoms with Gasteiger partial charge < -0.3 is 10.6 Å². The van der Waals surface area contributed by atoms with Crippen LogP contribution in [0.25, 0.3) is 0 Å². The third kappa shape index (κ3) is 3.61. The maximum atomic E-state index is 13.6. The number of rotatable bonds is 3. The molecular formula is C12H13ClF4N2O. The number of hydrogen-bond donors (Lipinski definition) is 2. The molecule has 0 radical (unpaired) electrons. The van der Waals surface area contributed by atoms with Gasteiger partial charge in [0.1, 0.15) is 5.82 Å². The summed E-state index contributed by atoms with van der Waals surface area (Å²) in [5, 5.41) is 5.43. The number of alkyl halides is 3. The topological polar surface area (TPSA) is 41.1 Å². The lowest BCUT2D eigenvalue weighted by Gasteiger charge is -2.27. The van der Waals surface area contributed by atoms with Gasteiger partial charge in [0.2, 0.25) is 0 Å². The molecule has 0 spiro atoms. The van der Waals surface area contributed by atoms with E-state index in [0.29, 0.717) is 12.6 Å². The van der Waals surface area contributed by atoms with Crippen LogP contribution >= 0.6 is 12.4 Å². The van der Waals surface area contributed by atoms with Gasteiger partial charge in [-0.25, -0.2) is 4.39 Å². The number of nitrogens with one attached hydrogen (secondary N) is 2. The summed E-state index contributed by atoms with van der Waals surface area (Å²) in [5.74, 6) is -2.10. The van der Waals surface area contributed by atoms with Crippen LogP contribution in [0.5, 0.6) is 0 Å².